The summed E-state index contributed by atoms with van der Waals surface area (Å²) in [5.41, 5.74) is 0. The minimum absolute atomic E-state index is 0.176. The Bertz CT molecular complexity index is 1600. The maximum absolute atomic E-state index is 12.9. The Morgan fingerprint density at radius 3 is 0.833 bits per heavy atom. The number of ether oxygens (including phenoxy) is 6. The summed E-state index contributed by atoms with van der Waals surface area (Å²) in [6, 6.07) is 25.3. The van der Waals surface area contributed by atoms with Crippen molar-refractivity contribution in [2.45, 2.75) is 46.3 Å². The van der Waals surface area contributed by atoms with Crippen LogP contribution in [0.15, 0.2) is 117 Å². The van der Waals surface area contributed by atoms with Crippen molar-refractivity contribution >= 4 is 19.7 Å². The predicted molar refractivity (Wildman–Crippen MR) is 181 cm³/mol. The van der Waals surface area contributed by atoms with E-state index in [1.54, 1.807) is 72.8 Å². The minimum Gasteiger partial charge on any atom is -0.494 e. The maximum Gasteiger partial charge on any atom is 0.206 e. The lowest BCUT2D eigenvalue weighted by atomic mass is 10.3. The monoisotopic (exact) mass is 698 g/mol. The molecule has 0 spiro atoms. The fourth-order valence-corrected chi connectivity index (χ4v) is 6.85. The lowest BCUT2D eigenvalue weighted by Gasteiger charge is -2.10. The van der Waals surface area contributed by atoms with Crippen molar-refractivity contribution in [2.75, 3.05) is 52.9 Å². The van der Waals surface area contributed by atoms with Crippen molar-refractivity contribution in [1.82, 2.24) is 0 Å². The Balaban J connectivity index is 1.08. The molecule has 0 atom stereocenters. The van der Waals surface area contributed by atoms with Crippen LogP contribution in [0, 0.1) is 0 Å². The van der Waals surface area contributed by atoms with E-state index in [2.05, 4.69) is 0 Å². The Morgan fingerprint density at radius 2 is 0.583 bits per heavy atom. The largest absolute Gasteiger partial charge is 0.494 e. The van der Waals surface area contributed by atoms with Crippen LogP contribution in [0.4, 0.5) is 0 Å². The topological polar surface area (TPSA) is 124 Å². The van der Waals surface area contributed by atoms with Gasteiger partial charge in [0.1, 0.15) is 36.2 Å². The highest BCUT2D eigenvalue weighted by Gasteiger charge is 2.19. The van der Waals surface area contributed by atoms with E-state index >= 15 is 0 Å². The molecule has 0 aromatic heterocycles. The van der Waals surface area contributed by atoms with Gasteiger partial charge in [-0.15, -0.1) is 0 Å². The van der Waals surface area contributed by atoms with E-state index in [1.165, 1.54) is 24.3 Å². The third kappa shape index (κ3) is 10.7. The van der Waals surface area contributed by atoms with Gasteiger partial charge in [-0.1, -0.05) is 13.8 Å². The van der Waals surface area contributed by atoms with Crippen molar-refractivity contribution in [3.05, 3.63) is 97.1 Å². The highest BCUT2D eigenvalue weighted by Crippen LogP contribution is 2.26. The first-order valence-corrected chi connectivity index (χ1v) is 18.8. The third-order valence-electron chi connectivity index (χ3n) is 6.85. The summed E-state index contributed by atoms with van der Waals surface area (Å²) in [5.74, 6) is 2.34. The van der Waals surface area contributed by atoms with Gasteiger partial charge in [0.15, 0.2) is 0 Å². The molecule has 0 aliphatic heterocycles. The maximum atomic E-state index is 12.9. The van der Waals surface area contributed by atoms with Crippen molar-refractivity contribution in [3.8, 4) is 23.0 Å². The number of benzene rings is 4. The van der Waals surface area contributed by atoms with Crippen LogP contribution in [0.1, 0.15) is 26.7 Å². The molecule has 0 N–H and O–H groups in total. The number of rotatable bonds is 21. The van der Waals surface area contributed by atoms with E-state index in [0.29, 0.717) is 75.9 Å². The van der Waals surface area contributed by atoms with Gasteiger partial charge in [0.25, 0.3) is 0 Å². The zero-order valence-corrected chi connectivity index (χ0v) is 28.8. The van der Waals surface area contributed by atoms with Gasteiger partial charge in [0.05, 0.1) is 59.2 Å². The van der Waals surface area contributed by atoms with Crippen LogP contribution in [0.5, 0.6) is 23.0 Å². The van der Waals surface area contributed by atoms with Gasteiger partial charge in [-0.2, -0.15) is 0 Å². The van der Waals surface area contributed by atoms with Gasteiger partial charge in [-0.25, -0.2) is 16.8 Å². The lowest BCUT2D eigenvalue weighted by molar-refractivity contribution is 0.0273. The molecule has 4 aromatic carbocycles. The van der Waals surface area contributed by atoms with Crippen LogP contribution >= 0.6 is 0 Å². The normalized spacial score (nSPS) is 11.6. The molecule has 0 saturated heterocycles. The average molecular weight is 699 g/mol. The first kappa shape index (κ1) is 36.7. The Kier molecular flexibility index (Phi) is 14.1. The fourth-order valence-electron chi connectivity index (χ4n) is 4.33. The summed E-state index contributed by atoms with van der Waals surface area (Å²) in [4.78, 5) is 0.742. The van der Waals surface area contributed by atoms with Crippen molar-refractivity contribution < 1.29 is 45.3 Å². The number of hydrogen-bond donors (Lipinski definition) is 0. The summed E-state index contributed by atoms with van der Waals surface area (Å²) in [7, 11) is -7.31. The molecule has 0 aliphatic carbocycles. The molecular weight excluding hydrogens is 657 g/mol. The second-order valence-corrected chi connectivity index (χ2v) is 14.4. The van der Waals surface area contributed by atoms with E-state index in [0.717, 1.165) is 12.8 Å². The van der Waals surface area contributed by atoms with Crippen LogP contribution < -0.4 is 18.9 Å². The smallest absolute Gasteiger partial charge is 0.206 e. The molecule has 0 unspecified atom stereocenters. The van der Waals surface area contributed by atoms with Crippen LogP contribution in [-0.4, -0.2) is 69.7 Å². The van der Waals surface area contributed by atoms with Crippen LogP contribution in [0.25, 0.3) is 0 Å². The van der Waals surface area contributed by atoms with Crippen molar-refractivity contribution in [2.24, 2.45) is 0 Å². The number of sulfone groups is 2. The summed E-state index contributed by atoms with van der Waals surface area (Å²) in [6.07, 6.45) is 1.74. The van der Waals surface area contributed by atoms with Gasteiger partial charge in [0, 0.05) is 0 Å². The Morgan fingerprint density at radius 1 is 0.354 bits per heavy atom. The Hall–Kier alpha value is -4.10. The first-order valence-electron chi connectivity index (χ1n) is 15.8. The van der Waals surface area contributed by atoms with E-state index < -0.39 is 19.7 Å². The summed E-state index contributed by atoms with van der Waals surface area (Å²) in [5, 5.41) is 0. The van der Waals surface area contributed by atoms with Crippen molar-refractivity contribution in [3.63, 3.8) is 0 Å². The number of hydrogen-bond acceptors (Lipinski definition) is 10. The summed E-state index contributed by atoms with van der Waals surface area (Å²) in [6.45, 7) is 7.13. The zero-order valence-electron chi connectivity index (χ0n) is 27.2. The van der Waals surface area contributed by atoms with E-state index in [1.807, 2.05) is 13.8 Å². The van der Waals surface area contributed by atoms with Gasteiger partial charge in [-0.05, 0) is 110 Å². The van der Waals surface area contributed by atoms with Crippen LogP contribution in [0.3, 0.4) is 0 Å². The molecule has 258 valence electrons. The zero-order chi connectivity index (χ0) is 34.2. The predicted octanol–water partition coefficient (Wildman–Crippen LogP) is 6.42. The molecule has 0 aliphatic rings. The molecule has 4 rings (SSSR count). The van der Waals surface area contributed by atoms with Gasteiger partial charge in [0.2, 0.25) is 19.7 Å². The van der Waals surface area contributed by atoms with Crippen LogP contribution in [-0.2, 0) is 29.1 Å². The Labute approximate surface area is 283 Å². The summed E-state index contributed by atoms with van der Waals surface area (Å²) >= 11 is 0. The molecule has 0 bridgehead atoms. The highest BCUT2D eigenvalue weighted by atomic mass is 32.2. The highest BCUT2D eigenvalue weighted by molar-refractivity contribution is 7.91. The van der Waals surface area contributed by atoms with Gasteiger partial charge in [-0.3, -0.25) is 0 Å². The molecule has 0 radical (unpaired) electrons. The quantitative estimate of drug-likeness (QED) is 0.0901. The molecule has 4 aromatic rings. The molecule has 0 heterocycles. The molecule has 0 amide bonds. The standard InChI is InChI=1S/C36H42O10S2/c1-3-21-43-29-5-13-33(14-6-29)47(37,38)35-17-9-31(10-18-35)45-27-25-41-23-24-42-26-28-46-32-11-19-36(20-12-32)48(39,40)34-15-7-30(8-16-34)44-22-4-2/h5-20H,3-4,21-28H2,1-2H3. The second-order valence-electron chi connectivity index (χ2n) is 10.5. The molecule has 0 saturated carbocycles. The van der Waals surface area contributed by atoms with E-state index in [4.69, 9.17) is 28.4 Å². The first-order chi connectivity index (χ1) is 23.2. The second kappa shape index (κ2) is 18.4. The SMILES string of the molecule is CCCOc1ccc(S(=O)(=O)c2ccc(OCCOCCOCCOc3ccc(S(=O)(=O)c4ccc(OCCC)cc4)cc3)cc2)cc1. The summed E-state index contributed by atoms with van der Waals surface area (Å²) < 4.78 is 85.2. The molecule has 48 heavy (non-hydrogen) atoms. The molecule has 10 nitrogen and oxygen atoms in total. The van der Waals surface area contributed by atoms with E-state index in [-0.39, 0.29) is 19.6 Å². The fraction of sp³-hybridized carbons (Fsp3) is 0.333. The van der Waals surface area contributed by atoms with Gasteiger partial charge < -0.3 is 28.4 Å². The minimum atomic E-state index is -3.66. The molecular formula is C36H42O10S2. The molecule has 0 fully saturated rings. The molecule has 12 heteroatoms. The van der Waals surface area contributed by atoms with Gasteiger partial charge >= 0.3 is 0 Å². The lowest BCUT2D eigenvalue weighted by Crippen LogP contribution is -2.13. The third-order valence-corrected chi connectivity index (χ3v) is 10.4. The van der Waals surface area contributed by atoms with Crippen molar-refractivity contribution in [1.29, 1.82) is 0 Å². The van der Waals surface area contributed by atoms with Crippen LogP contribution in [0.2, 0.25) is 0 Å². The van der Waals surface area contributed by atoms with E-state index in [9.17, 15) is 16.8 Å². The average Bonchev–Trinajstić information content (AvgIpc) is 3.11.